The number of carbonyl (C=O) groups is 2. The molecule has 170 valence electrons. The summed E-state index contributed by atoms with van der Waals surface area (Å²) in [6.45, 7) is 4.23. The number of unbranched alkanes of at least 4 members (excludes halogenated alkanes) is 1. The maximum atomic E-state index is 11.4. The molecule has 2 aromatic carbocycles. The van der Waals surface area contributed by atoms with E-state index in [9.17, 15) is 9.90 Å². The molecule has 3 rings (SSSR count). The number of ketones is 1. The Balaban J connectivity index is 0.00000168. The number of hydrogen-bond acceptors (Lipinski definition) is 10. The second-order valence-electron chi connectivity index (χ2n) is 6.55. The predicted molar refractivity (Wildman–Crippen MR) is 108 cm³/mol. The molecule has 0 saturated carbocycles. The molecular weight excluding hydrogens is 498 g/mol. The van der Waals surface area contributed by atoms with Gasteiger partial charge in [0.15, 0.2) is 5.78 Å². The fourth-order valence-electron chi connectivity index (χ4n) is 2.68. The Morgan fingerprint density at radius 2 is 1.59 bits per heavy atom. The predicted octanol–water partition coefficient (Wildman–Crippen LogP) is -5.12. The van der Waals surface area contributed by atoms with Gasteiger partial charge < -0.3 is 29.6 Å². The minimum absolute atomic E-state index is 0. The molecule has 0 amide bonds. The normalized spacial score (nSPS) is 9.47. The first-order valence-corrected chi connectivity index (χ1v) is 9.60. The van der Waals surface area contributed by atoms with E-state index in [0.29, 0.717) is 35.9 Å². The van der Waals surface area contributed by atoms with E-state index in [4.69, 9.17) is 24.5 Å². The first kappa shape index (κ1) is 33.1. The Morgan fingerprint density at radius 1 is 1.00 bits per heavy atom. The summed E-state index contributed by atoms with van der Waals surface area (Å²) in [5, 5.41) is 40.5. The third kappa shape index (κ3) is 11.2. The fraction of sp³-hybridized carbons (Fsp3) is 0.286. The van der Waals surface area contributed by atoms with Gasteiger partial charge in [0, 0.05) is 11.1 Å². The van der Waals surface area contributed by atoms with Gasteiger partial charge in [-0.2, -0.15) is 5.21 Å². The number of ether oxygens (including phenoxy) is 2. The number of hydrogen-bond donors (Lipinski definition) is 2. The van der Waals surface area contributed by atoms with Crippen molar-refractivity contribution in [3.8, 4) is 28.6 Å². The standard InChI is InChI=1S/C20H22N4O4.CH2O3.2K/c1-13-18(10-9-17(14(2)25)19(13)26)28-12-4-3-11-27-16-7-5-15(6-8-16)20-21-23-24-22-20;2-1(3)4;;/h5-10,26H,3-4,11-12H2,1-2H3,(H,21,22,23,24);(H2,2,3,4);;/q;;2*+1/p-2. The summed E-state index contributed by atoms with van der Waals surface area (Å²) in [4.78, 5) is 19.8. The average Bonchev–Trinajstić information content (AvgIpc) is 3.28. The maximum Gasteiger partial charge on any atom is 1.00 e. The van der Waals surface area contributed by atoms with Crippen LogP contribution in [0.15, 0.2) is 36.4 Å². The largest absolute Gasteiger partial charge is 1.00 e. The summed E-state index contributed by atoms with van der Waals surface area (Å²) < 4.78 is 11.4. The molecule has 34 heavy (non-hydrogen) atoms. The molecule has 0 saturated heterocycles. The molecule has 13 heteroatoms. The van der Waals surface area contributed by atoms with E-state index >= 15 is 0 Å². The number of phenolic OH excluding ortho intramolecular Hbond substituents is 1. The number of rotatable bonds is 9. The number of nitrogens with one attached hydrogen (secondary N) is 1. The van der Waals surface area contributed by atoms with E-state index in [1.54, 1.807) is 19.1 Å². The first-order valence-electron chi connectivity index (χ1n) is 9.60. The topological polar surface area (TPSA) is 173 Å². The van der Waals surface area contributed by atoms with E-state index in [1.165, 1.54) is 6.92 Å². The molecule has 0 aliphatic heterocycles. The van der Waals surface area contributed by atoms with Gasteiger partial charge in [-0.1, -0.05) is 0 Å². The number of aromatic hydroxyl groups is 1. The van der Waals surface area contributed by atoms with Gasteiger partial charge in [-0.15, -0.1) is 10.2 Å². The van der Waals surface area contributed by atoms with Crippen LogP contribution in [0.5, 0.6) is 17.2 Å². The summed E-state index contributed by atoms with van der Waals surface area (Å²) in [5.41, 5.74) is 1.75. The van der Waals surface area contributed by atoms with Crippen molar-refractivity contribution in [3.63, 3.8) is 0 Å². The quantitative estimate of drug-likeness (QED) is 0.158. The second kappa shape index (κ2) is 17.5. The SMILES string of the molecule is CC(=O)c1ccc(OCCCCOc2ccc(-c3nn[nH]n3)cc2)c(C)c1O.O=C([O-])[O-].[K+].[K+]. The molecule has 0 atom stereocenters. The monoisotopic (exact) mass is 520 g/mol. The Morgan fingerprint density at radius 3 is 2.12 bits per heavy atom. The summed E-state index contributed by atoms with van der Waals surface area (Å²) in [6, 6.07) is 10.8. The van der Waals surface area contributed by atoms with Crippen LogP contribution in [0.4, 0.5) is 4.79 Å². The van der Waals surface area contributed by atoms with Crippen LogP contribution < -0.4 is 122 Å². The van der Waals surface area contributed by atoms with E-state index in [2.05, 4.69) is 20.6 Å². The number of benzene rings is 2. The van der Waals surface area contributed by atoms with Crippen LogP contribution in [-0.2, 0) is 0 Å². The van der Waals surface area contributed by atoms with Crippen LogP contribution in [-0.4, -0.2) is 50.9 Å². The number of carbonyl (C=O) groups excluding carboxylic acids is 2. The van der Waals surface area contributed by atoms with E-state index in [0.717, 1.165) is 24.2 Å². The number of nitrogens with zero attached hydrogens (tertiary/aromatic N) is 3. The number of carboxylic acid groups (broad SMARTS) is 2. The Hall–Kier alpha value is -0.877. The Labute approximate surface area is 281 Å². The Bertz CT molecular complexity index is 1030. The van der Waals surface area contributed by atoms with Gasteiger partial charge in [0.25, 0.3) is 0 Å². The molecule has 0 aliphatic rings. The van der Waals surface area contributed by atoms with E-state index in [1.807, 2.05) is 24.3 Å². The van der Waals surface area contributed by atoms with Crippen molar-refractivity contribution in [2.24, 2.45) is 0 Å². The number of H-pyrrole nitrogens is 1. The average molecular weight is 521 g/mol. The summed E-state index contributed by atoms with van der Waals surface area (Å²) >= 11 is 0. The van der Waals surface area contributed by atoms with Crippen molar-refractivity contribution in [1.82, 2.24) is 20.6 Å². The van der Waals surface area contributed by atoms with Gasteiger partial charge in [-0.25, -0.2) is 0 Å². The smallest absolute Gasteiger partial charge is 0.652 e. The molecule has 2 N–H and O–H groups in total. The molecule has 1 aromatic heterocycles. The van der Waals surface area contributed by atoms with Crippen LogP contribution in [0.1, 0.15) is 35.7 Å². The van der Waals surface area contributed by atoms with Crippen molar-refractivity contribution < 1.29 is 137 Å². The van der Waals surface area contributed by atoms with Crippen molar-refractivity contribution in [1.29, 1.82) is 0 Å². The molecule has 0 fully saturated rings. The van der Waals surface area contributed by atoms with Crippen LogP contribution in [0.2, 0.25) is 0 Å². The van der Waals surface area contributed by atoms with Gasteiger partial charge in [-0.3, -0.25) is 4.79 Å². The molecule has 11 nitrogen and oxygen atoms in total. The number of phenols is 1. The third-order valence-electron chi connectivity index (χ3n) is 4.28. The maximum absolute atomic E-state index is 11.4. The number of tetrazole rings is 1. The summed E-state index contributed by atoms with van der Waals surface area (Å²) in [5.74, 6) is 1.71. The first-order chi connectivity index (χ1) is 15.3. The van der Waals surface area contributed by atoms with E-state index in [-0.39, 0.29) is 114 Å². The minimum Gasteiger partial charge on any atom is -0.652 e. The van der Waals surface area contributed by atoms with Crippen LogP contribution in [0.25, 0.3) is 11.4 Å². The third-order valence-corrected chi connectivity index (χ3v) is 4.28. The molecule has 0 spiro atoms. The molecule has 1 heterocycles. The van der Waals surface area contributed by atoms with Crippen molar-refractivity contribution in [2.45, 2.75) is 26.7 Å². The van der Waals surface area contributed by atoms with Crippen molar-refractivity contribution in [2.75, 3.05) is 13.2 Å². The molecule has 0 unspecified atom stereocenters. The zero-order valence-corrected chi connectivity index (χ0v) is 25.8. The van der Waals surface area contributed by atoms with Gasteiger partial charge in [0.1, 0.15) is 17.2 Å². The van der Waals surface area contributed by atoms with E-state index < -0.39 is 6.16 Å². The number of aromatic nitrogens is 4. The van der Waals surface area contributed by atoms with Gasteiger partial charge >= 0.3 is 103 Å². The second-order valence-corrected chi connectivity index (χ2v) is 6.55. The zero-order valence-electron chi connectivity index (χ0n) is 19.5. The molecule has 0 aliphatic carbocycles. The zero-order chi connectivity index (χ0) is 23.5. The van der Waals surface area contributed by atoms with Crippen molar-refractivity contribution >= 4 is 11.9 Å². The van der Waals surface area contributed by atoms with Gasteiger partial charge in [-0.05, 0) is 74.5 Å². The fourth-order valence-corrected chi connectivity index (χ4v) is 2.68. The molecule has 0 radical (unpaired) electrons. The minimum atomic E-state index is -2.33. The van der Waals surface area contributed by atoms with Gasteiger partial charge in [0.05, 0.1) is 18.8 Å². The Kier molecular flexibility index (Phi) is 17.1. The molecular formula is C21H22K2N4O7. The van der Waals surface area contributed by atoms with Crippen LogP contribution >= 0.6 is 0 Å². The van der Waals surface area contributed by atoms with Crippen LogP contribution in [0.3, 0.4) is 0 Å². The summed E-state index contributed by atoms with van der Waals surface area (Å²) in [7, 11) is 0. The van der Waals surface area contributed by atoms with Crippen LogP contribution in [0, 0.1) is 6.92 Å². The molecule has 3 aromatic rings. The summed E-state index contributed by atoms with van der Waals surface area (Å²) in [6.07, 6.45) is -0.710. The van der Waals surface area contributed by atoms with Gasteiger partial charge in [0.2, 0.25) is 5.82 Å². The molecule has 0 bridgehead atoms. The number of Topliss-reactive ketones (excluding diaryl/α,β-unsaturated/α-hetero) is 1. The van der Waals surface area contributed by atoms with Crippen molar-refractivity contribution in [3.05, 3.63) is 47.5 Å². The number of aromatic amines is 1.